The molecule has 3 heterocycles. The number of nitrogens with one attached hydrogen (secondary N) is 1. The molecule has 3 saturated heterocycles. The molecule has 24 heavy (non-hydrogen) atoms. The van der Waals surface area contributed by atoms with Crippen LogP contribution in [0.2, 0.25) is 0 Å². The maximum atomic E-state index is 12.8. The Bertz CT molecular complexity index is 563. The molecule has 1 N–H and O–H groups in total. The smallest absolute Gasteiger partial charge is 0.240 e. The van der Waals surface area contributed by atoms with E-state index in [1.807, 2.05) is 6.07 Å². The van der Waals surface area contributed by atoms with E-state index >= 15 is 0 Å². The number of carbonyl (C=O) groups excluding carboxylic acids is 1. The standard InChI is InChI=1S/C19H27N3O2/c23-18-19(7-10-21(11-8-19)17-6-13-24-15-17)22(12-9-20-18)14-16-4-2-1-3-5-16/h1-5,17H,6-15H2,(H,20,23). The Morgan fingerprint density at radius 1 is 1.17 bits per heavy atom. The van der Waals surface area contributed by atoms with Gasteiger partial charge in [0.05, 0.1) is 6.61 Å². The highest BCUT2D eigenvalue weighted by molar-refractivity contribution is 5.87. The number of carbonyl (C=O) groups is 1. The molecule has 3 aliphatic rings. The first-order valence-electron chi connectivity index (χ1n) is 9.17. The number of likely N-dealkylation sites (tertiary alicyclic amines) is 1. The van der Waals surface area contributed by atoms with Crippen molar-refractivity contribution in [3.05, 3.63) is 35.9 Å². The van der Waals surface area contributed by atoms with Crippen molar-refractivity contribution in [3.63, 3.8) is 0 Å². The fourth-order valence-corrected chi connectivity index (χ4v) is 4.47. The van der Waals surface area contributed by atoms with Crippen LogP contribution in [0.25, 0.3) is 0 Å². The first kappa shape index (κ1) is 16.1. The molecule has 0 radical (unpaired) electrons. The molecule has 1 atom stereocenters. The van der Waals surface area contributed by atoms with Crippen LogP contribution < -0.4 is 5.32 Å². The molecule has 3 aliphatic heterocycles. The highest BCUT2D eigenvalue weighted by atomic mass is 16.5. The van der Waals surface area contributed by atoms with E-state index in [4.69, 9.17) is 4.74 Å². The number of benzene rings is 1. The molecule has 1 aromatic rings. The van der Waals surface area contributed by atoms with E-state index in [0.29, 0.717) is 6.04 Å². The van der Waals surface area contributed by atoms with Gasteiger partial charge in [0.15, 0.2) is 0 Å². The van der Waals surface area contributed by atoms with Crippen LogP contribution in [-0.2, 0) is 16.1 Å². The lowest BCUT2D eigenvalue weighted by molar-refractivity contribution is -0.142. The van der Waals surface area contributed by atoms with Crippen molar-refractivity contribution in [1.82, 2.24) is 15.1 Å². The second kappa shape index (κ2) is 6.82. The SMILES string of the molecule is O=C1NCCN(Cc2ccccc2)C12CCN(C1CCOC1)CC2. The van der Waals surface area contributed by atoms with Gasteiger partial charge in [-0.2, -0.15) is 0 Å². The van der Waals surface area contributed by atoms with Crippen molar-refractivity contribution < 1.29 is 9.53 Å². The number of nitrogens with zero attached hydrogens (tertiary/aromatic N) is 2. The third-order valence-electron chi connectivity index (χ3n) is 5.96. The molecular formula is C19H27N3O2. The van der Waals surface area contributed by atoms with Gasteiger partial charge in [-0.05, 0) is 24.8 Å². The third kappa shape index (κ3) is 2.96. The minimum atomic E-state index is -0.329. The molecule has 1 unspecified atom stereocenters. The van der Waals surface area contributed by atoms with E-state index in [1.54, 1.807) is 0 Å². The lowest BCUT2D eigenvalue weighted by Crippen LogP contribution is -2.68. The Kier molecular flexibility index (Phi) is 4.57. The summed E-state index contributed by atoms with van der Waals surface area (Å²) in [6.07, 6.45) is 2.97. The Morgan fingerprint density at radius 3 is 2.67 bits per heavy atom. The summed E-state index contributed by atoms with van der Waals surface area (Å²) in [5.74, 6) is 0.229. The van der Waals surface area contributed by atoms with Crippen molar-refractivity contribution in [3.8, 4) is 0 Å². The highest BCUT2D eigenvalue weighted by Crippen LogP contribution is 2.34. The van der Waals surface area contributed by atoms with E-state index in [0.717, 1.165) is 65.2 Å². The van der Waals surface area contributed by atoms with Crippen molar-refractivity contribution in [2.45, 2.75) is 37.4 Å². The van der Waals surface area contributed by atoms with Gasteiger partial charge in [0.2, 0.25) is 5.91 Å². The Morgan fingerprint density at radius 2 is 1.96 bits per heavy atom. The lowest BCUT2D eigenvalue weighted by Gasteiger charge is -2.50. The summed E-state index contributed by atoms with van der Waals surface area (Å²) < 4.78 is 5.54. The van der Waals surface area contributed by atoms with Crippen LogP contribution in [0.1, 0.15) is 24.8 Å². The fraction of sp³-hybridized carbons (Fsp3) is 0.632. The predicted octanol–water partition coefficient (Wildman–Crippen LogP) is 1.24. The van der Waals surface area contributed by atoms with Crippen LogP contribution >= 0.6 is 0 Å². The summed E-state index contributed by atoms with van der Waals surface area (Å²) in [5.41, 5.74) is 0.961. The molecule has 1 amide bonds. The van der Waals surface area contributed by atoms with Crippen LogP contribution in [0.4, 0.5) is 0 Å². The first-order valence-corrected chi connectivity index (χ1v) is 9.17. The van der Waals surface area contributed by atoms with Gasteiger partial charge in [0, 0.05) is 45.4 Å². The summed E-state index contributed by atoms with van der Waals surface area (Å²) in [4.78, 5) is 17.8. The molecule has 0 saturated carbocycles. The van der Waals surface area contributed by atoms with Gasteiger partial charge in [0.25, 0.3) is 0 Å². The summed E-state index contributed by atoms with van der Waals surface area (Å²) in [7, 11) is 0. The minimum absolute atomic E-state index is 0.229. The molecular weight excluding hydrogens is 302 g/mol. The van der Waals surface area contributed by atoms with Crippen LogP contribution in [0.15, 0.2) is 30.3 Å². The topological polar surface area (TPSA) is 44.8 Å². The second-order valence-electron chi connectivity index (χ2n) is 7.25. The van der Waals surface area contributed by atoms with Crippen LogP contribution in [-0.4, -0.2) is 66.7 Å². The van der Waals surface area contributed by atoms with Gasteiger partial charge in [-0.25, -0.2) is 0 Å². The van der Waals surface area contributed by atoms with Gasteiger partial charge in [-0.1, -0.05) is 30.3 Å². The average Bonchev–Trinajstić information content (AvgIpc) is 3.15. The zero-order valence-corrected chi connectivity index (χ0v) is 14.2. The average molecular weight is 329 g/mol. The van der Waals surface area contributed by atoms with E-state index in [2.05, 4.69) is 39.4 Å². The molecule has 4 rings (SSSR count). The fourth-order valence-electron chi connectivity index (χ4n) is 4.47. The van der Waals surface area contributed by atoms with E-state index in [1.165, 1.54) is 5.56 Å². The van der Waals surface area contributed by atoms with Crippen molar-refractivity contribution in [2.24, 2.45) is 0 Å². The van der Waals surface area contributed by atoms with Gasteiger partial charge >= 0.3 is 0 Å². The number of amides is 1. The minimum Gasteiger partial charge on any atom is -0.380 e. The number of rotatable bonds is 3. The molecule has 130 valence electrons. The Balaban J connectivity index is 1.48. The van der Waals surface area contributed by atoms with Crippen molar-refractivity contribution in [1.29, 1.82) is 0 Å². The molecule has 5 nitrogen and oxygen atoms in total. The van der Waals surface area contributed by atoms with Gasteiger partial charge < -0.3 is 10.1 Å². The number of piperazine rings is 1. The van der Waals surface area contributed by atoms with Crippen molar-refractivity contribution in [2.75, 3.05) is 39.4 Å². The van der Waals surface area contributed by atoms with E-state index in [9.17, 15) is 4.79 Å². The lowest BCUT2D eigenvalue weighted by atomic mass is 9.82. The van der Waals surface area contributed by atoms with Gasteiger partial charge in [-0.3, -0.25) is 14.6 Å². The molecule has 1 spiro atoms. The zero-order chi connectivity index (χ0) is 16.4. The number of hydrogen-bond donors (Lipinski definition) is 1. The summed E-state index contributed by atoms with van der Waals surface area (Å²) >= 11 is 0. The highest BCUT2D eigenvalue weighted by Gasteiger charge is 2.48. The molecule has 0 bridgehead atoms. The second-order valence-corrected chi connectivity index (χ2v) is 7.25. The predicted molar refractivity (Wildman–Crippen MR) is 92.6 cm³/mol. The largest absolute Gasteiger partial charge is 0.380 e. The molecule has 3 fully saturated rings. The van der Waals surface area contributed by atoms with Crippen LogP contribution in [0, 0.1) is 0 Å². The molecule has 0 aromatic heterocycles. The van der Waals surface area contributed by atoms with Crippen LogP contribution in [0.5, 0.6) is 0 Å². The maximum Gasteiger partial charge on any atom is 0.240 e. The van der Waals surface area contributed by atoms with Gasteiger partial charge in [0.1, 0.15) is 5.54 Å². The monoisotopic (exact) mass is 329 g/mol. The van der Waals surface area contributed by atoms with Crippen molar-refractivity contribution >= 4 is 5.91 Å². The number of ether oxygens (including phenoxy) is 1. The Hall–Kier alpha value is -1.43. The first-order chi connectivity index (χ1) is 11.8. The summed E-state index contributed by atoms with van der Waals surface area (Å²) in [6, 6.07) is 11.1. The quantitative estimate of drug-likeness (QED) is 0.906. The number of piperidine rings is 1. The normalized spacial score (nSPS) is 28.2. The Labute approximate surface area is 144 Å². The molecule has 0 aliphatic carbocycles. The van der Waals surface area contributed by atoms with E-state index in [-0.39, 0.29) is 11.4 Å². The zero-order valence-electron chi connectivity index (χ0n) is 14.2. The maximum absolute atomic E-state index is 12.8. The molecule has 1 aromatic carbocycles. The van der Waals surface area contributed by atoms with Gasteiger partial charge in [-0.15, -0.1) is 0 Å². The third-order valence-corrected chi connectivity index (χ3v) is 5.96. The number of hydrogen-bond acceptors (Lipinski definition) is 4. The van der Waals surface area contributed by atoms with E-state index < -0.39 is 0 Å². The molecule has 5 heteroatoms. The van der Waals surface area contributed by atoms with Crippen LogP contribution in [0.3, 0.4) is 0 Å². The summed E-state index contributed by atoms with van der Waals surface area (Å²) in [5, 5.41) is 3.12. The summed E-state index contributed by atoms with van der Waals surface area (Å²) in [6.45, 7) is 6.28.